The lowest BCUT2D eigenvalue weighted by molar-refractivity contribution is -0.137. The van der Waals surface area contributed by atoms with Crippen molar-refractivity contribution in [3.63, 3.8) is 0 Å². The van der Waals surface area contributed by atoms with E-state index in [1.807, 2.05) is 6.92 Å². The van der Waals surface area contributed by atoms with Crippen molar-refractivity contribution in [3.05, 3.63) is 59.4 Å². The zero-order valence-electron chi connectivity index (χ0n) is 11.6. The number of rotatable bonds is 3. The maximum atomic E-state index is 14.0. The van der Waals surface area contributed by atoms with Crippen molar-refractivity contribution in [2.24, 2.45) is 0 Å². The van der Waals surface area contributed by atoms with Crippen LogP contribution < -0.4 is 5.32 Å². The molecule has 1 unspecified atom stereocenters. The number of halogens is 4. The van der Waals surface area contributed by atoms with Gasteiger partial charge in [0.25, 0.3) is 0 Å². The number of hydrogen-bond acceptors (Lipinski definition) is 1. The Morgan fingerprint density at radius 2 is 1.67 bits per heavy atom. The van der Waals surface area contributed by atoms with Gasteiger partial charge in [0, 0.05) is 11.6 Å². The van der Waals surface area contributed by atoms with Gasteiger partial charge in [-0.15, -0.1) is 0 Å². The molecular formula is C16H15F4N. The van der Waals surface area contributed by atoms with E-state index in [0.717, 1.165) is 11.6 Å². The summed E-state index contributed by atoms with van der Waals surface area (Å²) < 4.78 is 53.2. The summed E-state index contributed by atoms with van der Waals surface area (Å²) in [6, 6.07) is 9.16. The summed E-state index contributed by atoms with van der Waals surface area (Å²) in [5, 5.41) is 2.98. The molecule has 0 heterocycles. The zero-order valence-corrected chi connectivity index (χ0v) is 11.6. The SMILES string of the molecule is CNC(C)c1ccc(F)c(-c2ccccc2C(F)(F)F)c1. The van der Waals surface area contributed by atoms with Gasteiger partial charge in [0.2, 0.25) is 0 Å². The van der Waals surface area contributed by atoms with Gasteiger partial charge in [-0.3, -0.25) is 0 Å². The molecule has 0 radical (unpaired) electrons. The summed E-state index contributed by atoms with van der Waals surface area (Å²) in [5.74, 6) is -0.668. The number of benzene rings is 2. The third-order valence-electron chi connectivity index (χ3n) is 3.45. The molecule has 2 rings (SSSR count). The maximum Gasteiger partial charge on any atom is 0.417 e. The van der Waals surface area contributed by atoms with Gasteiger partial charge in [-0.05, 0) is 43.3 Å². The Morgan fingerprint density at radius 1 is 1.00 bits per heavy atom. The summed E-state index contributed by atoms with van der Waals surface area (Å²) in [5.41, 5.74) is -0.292. The van der Waals surface area contributed by atoms with Gasteiger partial charge in [-0.25, -0.2) is 4.39 Å². The van der Waals surface area contributed by atoms with Crippen LogP contribution in [0.25, 0.3) is 11.1 Å². The summed E-state index contributed by atoms with van der Waals surface area (Å²) in [4.78, 5) is 0. The van der Waals surface area contributed by atoms with Crippen molar-refractivity contribution in [2.45, 2.75) is 19.1 Å². The van der Waals surface area contributed by atoms with E-state index in [4.69, 9.17) is 0 Å². The minimum Gasteiger partial charge on any atom is -0.313 e. The Morgan fingerprint density at radius 3 is 2.29 bits per heavy atom. The highest BCUT2D eigenvalue weighted by atomic mass is 19.4. The molecule has 112 valence electrons. The van der Waals surface area contributed by atoms with E-state index >= 15 is 0 Å². The summed E-state index contributed by atoms with van der Waals surface area (Å²) in [6.07, 6.45) is -4.52. The Labute approximate surface area is 120 Å². The van der Waals surface area contributed by atoms with Crippen LogP contribution in [0, 0.1) is 5.82 Å². The fraction of sp³-hybridized carbons (Fsp3) is 0.250. The van der Waals surface area contributed by atoms with E-state index in [1.165, 1.54) is 30.3 Å². The molecule has 0 aliphatic carbocycles. The average Bonchev–Trinajstić information content (AvgIpc) is 2.46. The minimum absolute atomic E-state index is 0.0393. The normalized spacial score (nSPS) is 13.2. The van der Waals surface area contributed by atoms with Crippen LogP contribution in [0.5, 0.6) is 0 Å². The molecule has 2 aromatic rings. The van der Waals surface area contributed by atoms with Gasteiger partial charge in [0.05, 0.1) is 5.56 Å². The zero-order chi connectivity index (χ0) is 15.6. The molecule has 1 atom stereocenters. The molecule has 0 aromatic heterocycles. The molecule has 0 aliphatic heterocycles. The van der Waals surface area contributed by atoms with Gasteiger partial charge in [-0.1, -0.05) is 24.3 Å². The quantitative estimate of drug-likeness (QED) is 0.803. The number of alkyl halides is 3. The first kappa shape index (κ1) is 15.5. The molecule has 0 saturated heterocycles. The predicted octanol–water partition coefficient (Wildman–Crippen LogP) is 4.79. The van der Waals surface area contributed by atoms with Crippen LogP contribution in [-0.4, -0.2) is 7.05 Å². The Bertz CT molecular complexity index is 634. The first-order chi connectivity index (χ1) is 9.84. The maximum absolute atomic E-state index is 14.0. The second-order valence-corrected chi connectivity index (χ2v) is 4.79. The van der Waals surface area contributed by atoms with Crippen molar-refractivity contribution in [1.82, 2.24) is 5.32 Å². The average molecular weight is 297 g/mol. The van der Waals surface area contributed by atoms with Crippen LogP contribution in [0.1, 0.15) is 24.1 Å². The second kappa shape index (κ2) is 5.85. The van der Waals surface area contributed by atoms with Crippen LogP contribution in [0.4, 0.5) is 17.6 Å². The molecule has 0 fully saturated rings. The monoisotopic (exact) mass is 297 g/mol. The smallest absolute Gasteiger partial charge is 0.313 e. The fourth-order valence-electron chi connectivity index (χ4n) is 2.15. The lowest BCUT2D eigenvalue weighted by Gasteiger charge is -2.16. The molecule has 0 spiro atoms. The summed E-state index contributed by atoms with van der Waals surface area (Å²) in [7, 11) is 1.73. The molecule has 0 bridgehead atoms. The van der Waals surface area contributed by atoms with Crippen LogP contribution in [0.15, 0.2) is 42.5 Å². The van der Waals surface area contributed by atoms with E-state index in [9.17, 15) is 17.6 Å². The number of hydrogen-bond donors (Lipinski definition) is 1. The van der Waals surface area contributed by atoms with Crippen LogP contribution in [0.2, 0.25) is 0 Å². The van der Waals surface area contributed by atoms with Crippen molar-refractivity contribution < 1.29 is 17.6 Å². The van der Waals surface area contributed by atoms with Gasteiger partial charge in [0.1, 0.15) is 5.82 Å². The summed E-state index contributed by atoms with van der Waals surface area (Å²) in [6.45, 7) is 1.85. The van der Waals surface area contributed by atoms with Gasteiger partial charge < -0.3 is 5.32 Å². The molecular weight excluding hydrogens is 282 g/mol. The lowest BCUT2D eigenvalue weighted by Crippen LogP contribution is -2.13. The van der Waals surface area contributed by atoms with E-state index in [0.29, 0.717) is 0 Å². The van der Waals surface area contributed by atoms with Crippen molar-refractivity contribution in [2.75, 3.05) is 7.05 Å². The third kappa shape index (κ3) is 3.24. The van der Waals surface area contributed by atoms with E-state index in [1.54, 1.807) is 13.1 Å². The standard InChI is InChI=1S/C16H15F4N/c1-10(21-2)11-7-8-15(17)13(9-11)12-5-3-4-6-14(12)16(18,19)20/h3-10,21H,1-2H3. The fourth-order valence-corrected chi connectivity index (χ4v) is 2.15. The van der Waals surface area contributed by atoms with E-state index in [-0.39, 0.29) is 17.2 Å². The van der Waals surface area contributed by atoms with E-state index < -0.39 is 17.6 Å². The topological polar surface area (TPSA) is 12.0 Å². The first-order valence-corrected chi connectivity index (χ1v) is 6.48. The largest absolute Gasteiger partial charge is 0.417 e. The van der Waals surface area contributed by atoms with Crippen molar-refractivity contribution >= 4 is 0 Å². The molecule has 1 N–H and O–H groups in total. The first-order valence-electron chi connectivity index (χ1n) is 6.48. The highest BCUT2D eigenvalue weighted by molar-refractivity contribution is 5.69. The van der Waals surface area contributed by atoms with Gasteiger partial charge in [-0.2, -0.15) is 13.2 Å². The molecule has 5 heteroatoms. The highest BCUT2D eigenvalue weighted by Gasteiger charge is 2.33. The molecule has 21 heavy (non-hydrogen) atoms. The lowest BCUT2D eigenvalue weighted by atomic mass is 9.95. The Hall–Kier alpha value is -1.88. The molecule has 0 saturated carbocycles. The summed E-state index contributed by atoms with van der Waals surface area (Å²) >= 11 is 0. The molecule has 0 amide bonds. The van der Waals surface area contributed by atoms with Gasteiger partial charge in [0.15, 0.2) is 0 Å². The Kier molecular flexibility index (Phi) is 4.32. The molecule has 1 nitrogen and oxygen atoms in total. The second-order valence-electron chi connectivity index (χ2n) is 4.79. The van der Waals surface area contributed by atoms with Crippen LogP contribution in [-0.2, 0) is 6.18 Å². The minimum atomic E-state index is -4.52. The molecule has 0 aliphatic rings. The third-order valence-corrected chi connectivity index (χ3v) is 3.45. The van der Waals surface area contributed by atoms with Crippen LogP contribution in [0.3, 0.4) is 0 Å². The van der Waals surface area contributed by atoms with Crippen molar-refractivity contribution in [3.8, 4) is 11.1 Å². The number of nitrogens with one attached hydrogen (secondary N) is 1. The van der Waals surface area contributed by atoms with Crippen molar-refractivity contribution in [1.29, 1.82) is 0 Å². The van der Waals surface area contributed by atoms with Gasteiger partial charge >= 0.3 is 6.18 Å². The van der Waals surface area contributed by atoms with Crippen LogP contribution >= 0.6 is 0 Å². The Balaban J connectivity index is 2.62. The van der Waals surface area contributed by atoms with E-state index in [2.05, 4.69) is 5.32 Å². The predicted molar refractivity (Wildman–Crippen MR) is 74.3 cm³/mol. The highest BCUT2D eigenvalue weighted by Crippen LogP contribution is 2.38. The molecule has 2 aromatic carbocycles.